The van der Waals surface area contributed by atoms with Crippen molar-refractivity contribution >= 4 is 43.7 Å². The van der Waals surface area contributed by atoms with Gasteiger partial charge in [-0.05, 0) is 24.6 Å². The molecule has 2 rings (SSSR count). The fourth-order valence-corrected chi connectivity index (χ4v) is 3.68. The van der Waals surface area contributed by atoms with Gasteiger partial charge in [0.25, 0.3) is 5.91 Å². The summed E-state index contributed by atoms with van der Waals surface area (Å²) in [6.45, 7) is 2.53. The summed E-state index contributed by atoms with van der Waals surface area (Å²) < 4.78 is 1.70. The molecule has 1 saturated heterocycles. The summed E-state index contributed by atoms with van der Waals surface area (Å²) in [5.41, 5.74) is 0.628. The van der Waals surface area contributed by atoms with Crippen molar-refractivity contribution in [1.29, 1.82) is 0 Å². The summed E-state index contributed by atoms with van der Waals surface area (Å²) in [6.07, 6.45) is 0.786. The largest absolute Gasteiger partial charge is 0.480 e. The number of nitrogens with zero attached hydrogens (tertiary/aromatic N) is 2. The van der Waals surface area contributed by atoms with Gasteiger partial charge in [-0.1, -0.05) is 31.9 Å². The van der Waals surface area contributed by atoms with Crippen LogP contribution in [0.4, 0.5) is 0 Å². The molecule has 114 valence electrons. The third-order valence-electron chi connectivity index (χ3n) is 3.34. The summed E-state index contributed by atoms with van der Waals surface area (Å²) in [4.78, 5) is 26.9. The standard InChI is InChI=1S/C14H16Br2N2O3/c15-11-6-10(7-12(16)8-11)14(21)18-3-1-2-17(4-5-18)9-13(19)20/h6-8H,1-5,9H2,(H,19,20). The Balaban J connectivity index is 2.04. The van der Waals surface area contributed by atoms with Gasteiger partial charge in [0.2, 0.25) is 0 Å². The summed E-state index contributed by atoms with van der Waals surface area (Å²) in [5.74, 6) is -0.847. The Morgan fingerprint density at radius 3 is 2.33 bits per heavy atom. The van der Waals surface area contributed by atoms with Crippen LogP contribution in [-0.4, -0.2) is 59.5 Å². The van der Waals surface area contributed by atoms with Gasteiger partial charge >= 0.3 is 5.97 Å². The fourth-order valence-electron chi connectivity index (χ4n) is 2.38. The average Bonchev–Trinajstić information content (AvgIpc) is 2.61. The molecule has 1 aromatic rings. The minimum absolute atomic E-state index is 0.0193. The van der Waals surface area contributed by atoms with Crippen molar-refractivity contribution in [3.8, 4) is 0 Å². The Labute approximate surface area is 140 Å². The number of hydrogen-bond acceptors (Lipinski definition) is 3. The summed E-state index contributed by atoms with van der Waals surface area (Å²) in [5, 5.41) is 8.84. The van der Waals surface area contributed by atoms with Gasteiger partial charge in [0, 0.05) is 40.7 Å². The number of rotatable bonds is 3. The SMILES string of the molecule is O=C(O)CN1CCCN(C(=O)c2cc(Br)cc(Br)c2)CC1. The zero-order valence-electron chi connectivity index (χ0n) is 11.4. The summed E-state index contributed by atoms with van der Waals surface area (Å²) >= 11 is 6.77. The van der Waals surface area contributed by atoms with Crippen molar-refractivity contribution in [3.63, 3.8) is 0 Å². The minimum Gasteiger partial charge on any atom is -0.480 e. The molecule has 1 aliphatic rings. The van der Waals surface area contributed by atoms with Gasteiger partial charge in [-0.3, -0.25) is 14.5 Å². The highest BCUT2D eigenvalue weighted by atomic mass is 79.9. The number of carbonyl (C=O) groups is 2. The van der Waals surface area contributed by atoms with Crippen molar-refractivity contribution < 1.29 is 14.7 Å². The lowest BCUT2D eigenvalue weighted by molar-refractivity contribution is -0.138. The van der Waals surface area contributed by atoms with Crippen LogP contribution < -0.4 is 0 Å². The Hall–Kier alpha value is -0.920. The molecule has 7 heteroatoms. The van der Waals surface area contributed by atoms with Crippen molar-refractivity contribution in [2.45, 2.75) is 6.42 Å². The Morgan fingerprint density at radius 2 is 1.71 bits per heavy atom. The molecular weight excluding hydrogens is 404 g/mol. The normalized spacial score (nSPS) is 16.6. The van der Waals surface area contributed by atoms with E-state index in [4.69, 9.17) is 5.11 Å². The number of benzene rings is 1. The topological polar surface area (TPSA) is 60.9 Å². The summed E-state index contributed by atoms with van der Waals surface area (Å²) in [7, 11) is 0. The van der Waals surface area contributed by atoms with E-state index >= 15 is 0 Å². The third kappa shape index (κ3) is 4.79. The smallest absolute Gasteiger partial charge is 0.317 e. The van der Waals surface area contributed by atoms with E-state index in [1.807, 2.05) is 11.0 Å². The average molecular weight is 420 g/mol. The van der Waals surface area contributed by atoms with Gasteiger partial charge in [0.1, 0.15) is 0 Å². The maximum atomic E-state index is 12.5. The predicted molar refractivity (Wildman–Crippen MR) is 86.4 cm³/mol. The third-order valence-corrected chi connectivity index (χ3v) is 4.26. The second-order valence-electron chi connectivity index (χ2n) is 4.97. The van der Waals surface area contributed by atoms with Gasteiger partial charge in [0.15, 0.2) is 0 Å². The molecular formula is C14H16Br2N2O3. The van der Waals surface area contributed by atoms with Gasteiger partial charge in [0.05, 0.1) is 6.54 Å². The fraction of sp³-hybridized carbons (Fsp3) is 0.429. The highest BCUT2D eigenvalue weighted by Gasteiger charge is 2.21. The molecule has 0 bridgehead atoms. The van der Waals surface area contributed by atoms with E-state index in [1.54, 1.807) is 17.0 Å². The van der Waals surface area contributed by atoms with E-state index in [1.165, 1.54) is 0 Å². The van der Waals surface area contributed by atoms with E-state index in [9.17, 15) is 9.59 Å². The van der Waals surface area contributed by atoms with Crippen molar-refractivity contribution in [2.75, 3.05) is 32.7 Å². The first kappa shape index (κ1) is 16.5. The monoisotopic (exact) mass is 418 g/mol. The van der Waals surface area contributed by atoms with E-state index in [0.717, 1.165) is 15.4 Å². The van der Waals surface area contributed by atoms with Crippen LogP contribution in [0.25, 0.3) is 0 Å². The molecule has 0 unspecified atom stereocenters. The molecule has 1 aliphatic heterocycles. The molecule has 1 amide bonds. The number of aliphatic carboxylic acids is 1. The molecule has 1 N–H and O–H groups in total. The number of carbonyl (C=O) groups excluding carboxylic acids is 1. The van der Waals surface area contributed by atoms with Crippen LogP contribution in [0.1, 0.15) is 16.8 Å². The van der Waals surface area contributed by atoms with E-state index in [0.29, 0.717) is 31.7 Å². The van der Waals surface area contributed by atoms with Crippen LogP contribution in [0.5, 0.6) is 0 Å². The molecule has 1 heterocycles. The van der Waals surface area contributed by atoms with Crippen LogP contribution >= 0.6 is 31.9 Å². The van der Waals surface area contributed by atoms with Crippen LogP contribution in [0.15, 0.2) is 27.1 Å². The Bertz CT molecular complexity index is 531. The maximum Gasteiger partial charge on any atom is 0.317 e. The number of hydrogen-bond donors (Lipinski definition) is 1. The zero-order valence-corrected chi connectivity index (χ0v) is 14.6. The second kappa shape index (κ2) is 7.38. The molecule has 0 spiro atoms. The second-order valence-corrected chi connectivity index (χ2v) is 6.81. The first-order valence-corrected chi connectivity index (χ1v) is 8.24. The first-order valence-electron chi connectivity index (χ1n) is 6.65. The number of amides is 1. The van der Waals surface area contributed by atoms with Gasteiger partial charge in [-0.15, -0.1) is 0 Å². The highest BCUT2D eigenvalue weighted by Crippen LogP contribution is 2.21. The number of halogens is 2. The Morgan fingerprint density at radius 1 is 1.05 bits per heavy atom. The predicted octanol–water partition coefficient (Wildman–Crippen LogP) is 2.44. The van der Waals surface area contributed by atoms with E-state index < -0.39 is 5.97 Å². The first-order chi connectivity index (χ1) is 9.95. The molecule has 1 aromatic carbocycles. The number of carboxylic acids is 1. The molecule has 0 saturated carbocycles. The molecule has 0 aromatic heterocycles. The van der Waals surface area contributed by atoms with Crippen molar-refractivity contribution in [3.05, 3.63) is 32.7 Å². The molecule has 5 nitrogen and oxygen atoms in total. The maximum absolute atomic E-state index is 12.5. The number of carboxylic acid groups (broad SMARTS) is 1. The van der Waals surface area contributed by atoms with E-state index in [-0.39, 0.29) is 12.5 Å². The van der Waals surface area contributed by atoms with Crippen molar-refractivity contribution in [1.82, 2.24) is 9.80 Å². The van der Waals surface area contributed by atoms with Crippen LogP contribution in [0.3, 0.4) is 0 Å². The quantitative estimate of drug-likeness (QED) is 0.817. The molecule has 0 atom stereocenters. The highest BCUT2D eigenvalue weighted by molar-refractivity contribution is 9.11. The van der Waals surface area contributed by atoms with Crippen molar-refractivity contribution in [2.24, 2.45) is 0 Å². The van der Waals surface area contributed by atoms with Gasteiger partial charge in [-0.2, -0.15) is 0 Å². The molecule has 0 radical (unpaired) electrons. The minimum atomic E-state index is -0.828. The Kier molecular flexibility index (Phi) is 5.78. The van der Waals surface area contributed by atoms with E-state index in [2.05, 4.69) is 31.9 Å². The van der Waals surface area contributed by atoms with Gasteiger partial charge < -0.3 is 10.0 Å². The molecule has 1 fully saturated rings. The van der Waals surface area contributed by atoms with Crippen LogP contribution in [0, 0.1) is 0 Å². The molecule has 21 heavy (non-hydrogen) atoms. The van der Waals surface area contributed by atoms with Crippen LogP contribution in [-0.2, 0) is 4.79 Å². The lowest BCUT2D eigenvalue weighted by Gasteiger charge is -2.21. The zero-order chi connectivity index (χ0) is 15.4. The molecule has 0 aliphatic carbocycles. The summed E-state index contributed by atoms with van der Waals surface area (Å²) in [6, 6.07) is 5.48. The van der Waals surface area contributed by atoms with Gasteiger partial charge in [-0.25, -0.2) is 0 Å². The lowest BCUT2D eigenvalue weighted by Crippen LogP contribution is -2.36. The lowest BCUT2D eigenvalue weighted by atomic mass is 10.2. The van der Waals surface area contributed by atoms with Crippen LogP contribution in [0.2, 0.25) is 0 Å².